The monoisotopic (exact) mass is 1150 g/mol. The van der Waals surface area contributed by atoms with Gasteiger partial charge in [0.1, 0.15) is 41.7 Å². The number of alkyl halides is 2. The summed E-state index contributed by atoms with van der Waals surface area (Å²) in [5.41, 5.74) is 4.77. The molecule has 5 heterocycles. The predicted molar refractivity (Wildman–Crippen MR) is 302 cm³/mol. The van der Waals surface area contributed by atoms with Crippen LogP contribution in [0.5, 0.6) is 0 Å². The van der Waals surface area contributed by atoms with Gasteiger partial charge in [-0.2, -0.15) is 31.8 Å². The van der Waals surface area contributed by atoms with Crippen LogP contribution >= 0.6 is 12.6 Å². The molecule has 0 spiro atoms. The molecule has 1 aliphatic rings. The number of nitrogens with zero attached hydrogens (tertiary/aromatic N) is 15. The Labute approximate surface area is 479 Å². The summed E-state index contributed by atoms with van der Waals surface area (Å²) in [6, 6.07) is 20.0. The normalized spacial score (nSPS) is 12.2. The lowest BCUT2D eigenvalue weighted by Crippen LogP contribution is -2.32. The van der Waals surface area contributed by atoms with Gasteiger partial charge in [0.15, 0.2) is 0 Å². The Kier molecular flexibility index (Phi) is 26.8. The van der Waals surface area contributed by atoms with Gasteiger partial charge in [0.05, 0.1) is 35.3 Å². The van der Waals surface area contributed by atoms with Crippen molar-refractivity contribution in [3.8, 4) is 17.5 Å². The first-order chi connectivity index (χ1) is 39.3. The van der Waals surface area contributed by atoms with E-state index in [2.05, 4.69) is 73.5 Å². The number of nitriles is 1. The molecule has 8 rings (SSSR count). The third kappa shape index (κ3) is 20.9. The van der Waals surface area contributed by atoms with Crippen LogP contribution in [0.4, 0.5) is 27.9 Å². The van der Waals surface area contributed by atoms with Gasteiger partial charge in [-0.1, -0.05) is 51.2 Å². The summed E-state index contributed by atoms with van der Waals surface area (Å²) in [6.45, 7) is 6.15. The van der Waals surface area contributed by atoms with Crippen LogP contribution in [-0.2, 0) is 27.2 Å². The minimum Gasteiger partial charge on any atom is -0.415 e. The molecular formula is C56H65F5N16O4S. The molecule has 0 aliphatic carbocycles. The SMILES string of the molecule is C.CC(=O)N(C)CC(Cc1ncc(-c2nnc(C(F)F)o2)cn1)c1ccc(F)cc1.CC(=O)N(C)CC(Cc1ncc(C2=NN=NC2)cn1)c1ccc(F)cc1.CC(=O)N(C)CC(Nc1ncc(C#N)cn1)c1ccc(F)cc1.CS.[3H]C. The maximum atomic E-state index is 13.3. The summed E-state index contributed by atoms with van der Waals surface area (Å²) in [7, 11) is 6.35. The number of rotatable bonds is 18. The molecule has 0 bridgehead atoms. The number of hydrogen-bond donors (Lipinski definition) is 2. The molecule has 0 radical (unpaired) electrons. The Morgan fingerprint density at radius 2 is 1.06 bits per heavy atom. The van der Waals surface area contributed by atoms with E-state index in [4.69, 9.17) is 11.0 Å². The lowest BCUT2D eigenvalue weighted by Gasteiger charge is -2.24. The van der Waals surface area contributed by atoms with E-state index in [1.54, 1.807) is 90.9 Å². The fourth-order valence-corrected chi connectivity index (χ4v) is 7.34. The molecule has 1 N–H and O–H groups in total. The molecule has 26 heteroatoms. The molecular weight excluding hydrogens is 1090 g/mol. The Morgan fingerprint density at radius 1 is 0.646 bits per heavy atom. The highest BCUT2D eigenvalue weighted by Crippen LogP contribution is 2.26. The lowest BCUT2D eigenvalue weighted by molar-refractivity contribution is -0.128. The Balaban J connectivity index is 0.000000317. The first-order valence-electron chi connectivity index (χ1n) is 25.4. The molecule has 0 saturated heterocycles. The van der Waals surface area contributed by atoms with Crippen LogP contribution in [0.15, 0.2) is 130 Å². The van der Waals surface area contributed by atoms with Crippen molar-refractivity contribution in [3.05, 3.63) is 173 Å². The lowest BCUT2D eigenvalue weighted by atomic mass is 9.94. The summed E-state index contributed by atoms with van der Waals surface area (Å²) < 4.78 is 75.4. The van der Waals surface area contributed by atoms with Crippen molar-refractivity contribution in [1.82, 2.24) is 54.8 Å². The van der Waals surface area contributed by atoms with Crippen LogP contribution in [0.1, 0.15) is 107 Å². The van der Waals surface area contributed by atoms with Crippen LogP contribution in [0, 0.1) is 28.8 Å². The zero-order valence-corrected chi connectivity index (χ0v) is 46.5. The smallest absolute Gasteiger partial charge is 0.314 e. The molecule has 3 unspecified atom stereocenters. The number of benzene rings is 3. The molecule has 4 aromatic heterocycles. The van der Waals surface area contributed by atoms with Crippen molar-refractivity contribution < 1.29 is 42.1 Å². The minimum atomic E-state index is -2.86. The summed E-state index contributed by atoms with van der Waals surface area (Å²) >= 11 is 3.53. The summed E-state index contributed by atoms with van der Waals surface area (Å²) in [5.74, 6) is -0.811. The number of thiol groups is 1. The fraction of sp³-hybridized carbons (Fsp3) is 0.339. The highest BCUT2D eigenvalue weighted by molar-refractivity contribution is 7.79. The number of amides is 3. The van der Waals surface area contributed by atoms with E-state index in [1.165, 1.54) is 89.4 Å². The average Bonchev–Trinajstić information content (AvgIpc) is 4.46. The molecule has 0 saturated carbocycles. The Bertz CT molecular complexity index is 3200. The van der Waals surface area contributed by atoms with Crippen molar-refractivity contribution in [3.63, 3.8) is 0 Å². The van der Waals surface area contributed by atoms with Crippen molar-refractivity contribution in [1.29, 1.82) is 5.26 Å². The molecule has 434 valence electrons. The van der Waals surface area contributed by atoms with Gasteiger partial charge >= 0.3 is 6.43 Å². The van der Waals surface area contributed by atoms with E-state index >= 15 is 0 Å². The van der Waals surface area contributed by atoms with Crippen molar-refractivity contribution in [2.75, 3.05) is 58.9 Å². The quantitative estimate of drug-likeness (QED) is 0.0599. The third-order valence-electron chi connectivity index (χ3n) is 12.0. The van der Waals surface area contributed by atoms with Crippen LogP contribution in [0.2, 0.25) is 0 Å². The van der Waals surface area contributed by atoms with E-state index in [-0.39, 0.29) is 66.4 Å². The van der Waals surface area contributed by atoms with E-state index < -0.39 is 12.3 Å². The van der Waals surface area contributed by atoms with Gasteiger partial charge < -0.3 is 24.4 Å². The summed E-state index contributed by atoms with van der Waals surface area (Å²) in [4.78, 5) is 64.9. The van der Waals surface area contributed by atoms with Gasteiger partial charge in [0, 0.05) is 118 Å². The van der Waals surface area contributed by atoms with Crippen LogP contribution in [0.25, 0.3) is 11.5 Å². The highest BCUT2D eigenvalue weighted by Gasteiger charge is 2.22. The van der Waals surface area contributed by atoms with E-state index in [1.807, 2.05) is 6.07 Å². The summed E-state index contributed by atoms with van der Waals surface area (Å²) in [6.07, 6.45) is 8.79. The predicted octanol–water partition coefficient (Wildman–Crippen LogP) is 9.94. The average molecular weight is 1160 g/mol. The van der Waals surface area contributed by atoms with Crippen LogP contribution < -0.4 is 5.32 Å². The van der Waals surface area contributed by atoms with Crippen LogP contribution in [0.3, 0.4) is 0 Å². The highest BCUT2D eigenvalue weighted by atomic mass is 32.1. The number of carbonyl (C=O) groups is 3. The molecule has 0 fully saturated rings. The first-order valence-corrected chi connectivity index (χ1v) is 25.3. The maximum absolute atomic E-state index is 13.3. The number of halogens is 5. The molecule has 3 atom stereocenters. The number of anilines is 1. The van der Waals surface area contributed by atoms with Gasteiger partial charge in [-0.05, 0) is 64.6 Å². The second-order valence-corrected chi connectivity index (χ2v) is 17.7. The molecule has 20 nitrogen and oxygen atoms in total. The number of aromatic nitrogens is 8. The van der Waals surface area contributed by atoms with Crippen molar-refractivity contribution >= 4 is 42.0 Å². The molecule has 3 amide bonds. The van der Waals surface area contributed by atoms with Crippen molar-refractivity contribution in [2.24, 2.45) is 15.4 Å². The van der Waals surface area contributed by atoms with E-state index in [9.17, 15) is 36.3 Å². The Hall–Kier alpha value is -8.99. The third-order valence-corrected chi connectivity index (χ3v) is 12.0. The topological polar surface area (TPSA) is 250 Å². The number of likely N-dealkylation sites (N-methyl/N-ethyl adjacent to an activating group) is 3. The van der Waals surface area contributed by atoms with Gasteiger partial charge in [-0.15, -0.1) is 15.3 Å². The molecule has 82 heavy (non-hydrogen) atoms. The largest absolute Gasteiger partial charge is 0.415 e. The first kappa shape index (κ1) is 65.5. The fourth-order valence-electron chi connectivity index (χ4n) is 7.34. The summed E-state index contributed by atoms with van der Waals surface area (Å²) in [5, 5.41) is 30.0. The molecule has 3 aromatic carbocycles. The van der Waals surface area contributed by atoms with E-state index in [0.717, 1.165) is 28.0 Å². The zero-order chi connectivity index (χ0) is 60.3. The van der Waals surface area contributed by atoms with Gasteiger partial charge in [0.25, 0.3) is 11.8 Å². The van der Waals surface area contributed by atoms with Gasteiger partial charge in [-0.25, -0.2) is 43.1 Å². The van der Waals surface area contributed by atoms with E-state index in [0.29, 0.717) is 67.7 Å². The zero-order valence-electron chi connectivity index (χ0n) is 46.6. The molecule has 1 aliphatic heterocycles. The molecule has 7 aromatic rings. The second kappa shape index (κ2) is 33.6. The second-order valence-electron chi connectivity index (χ2n) is 17.7. The van der Waals surface area contributed by atoms with Gasteiger partial charge in [0.2, 0.25) is 23.7 Å². The number of hydrogen-bond acceptors (Lipinski definition) is 18. The minimum absolute atomic E-state index is 0. The van der Waals surface area contributed by atoms with Crippen LogP contribution in [-0.4, -0.2) is 132 Å². The van der Waals surface area contributed by atoms with Crippen molar-refractivity contribution in [2.45, 2.75) is 72.7 Å². The number of nitrogens with one attached hydrogen (secondary N) is 1. The number of carbonyl (C=O) groups excluding carboxylic acids is 3. The standard InChI is InChI=1S/C19H18F3N5O2.C18H19FN6O.C16H16FN5O.CH4S.2CH4/c1-11(28)27(2)10-13(12-3-5-15(20)6-4-12)7-16-23-8-14(9-24-16)18-25-26-19(29-18)17(21)22;1-12(26)25(2)11-14(13-3-5-16(19)6-4-13)7-18-20-8-15(9-21-18)17-10-22-24-23-17;1-11(23)22(2)10-15(13-3-5-14(17)6-4-13)21-16-19-8-12(7-18)9-20-16;1-2;;/h3-6,8-9,13,17H,7,10H2,1-2H3;3-6,8-9,14H,7,10-11H2,1-2H3;3-6,8-9,15H,10H2,1-2H3,(H,19,20,21);2H,1H3;2*1H4/i;;;;1T;. The van der Waals surface area contributed by atoms with Gasteiger partial charge in [-0.3, -0.25) is 14.4 Å². The maximum Gasteiger partial charge on any atom is 0.314 e. The Morgan fingerprint density at radius 3 is 1.44 bits per heavy atom.